The molecule has 0 fully saturated rings. The van der Waals surface area contributed by atoms with Crippen LogP contribution in [0.1, 0.15) is 112 Å². The van der Waals surface area contributed by atoms with Gasteiger partial charge in [0.15, 0.2) is 0 Å². The second-order valence-corrected chi connectivity index (χ2v) is 17.5. The predicted molar refractivity (Wildman–Crippen MR) is 174 cm³/mol. The van der Waals surface area contributed by atoms with Gasteiger partial charge in [0.2, 0.25) is 0 Å². The van der Waals surface area contributed by atoms with E-state index in [-0.39, 0.29) is 0 Å². The molecule has 0 amide bonds. The zero-order valence-electron chi connectivity index (χ0n) is 22.1. The van der Waals surface area contributed by atoms with E-state index < -0.39 is 0 Å². The van der Waals surface area contributed by atoms with E-state index in [2.05, 4.69) is 103 Å². The summed E-state index contributed by atoms with van der Waals surface area (Å²) < 4.78 is 8.65. The van der Waals surface area contributed by atoms with Crippen molar-refractivity contribution < 1.29 is 0 Å². The molecule has 3 heterocycles. The van der Waals surface area contributed by atoms with Gasteiger partial charge < -0.3 is 4.57 Å². The standard InChI is InChI=1S/C29H45I2NS2/c1-19(2)9-7-11-21(5)13-15-23(16-14-22(6)12-8-10-20(3)4)32-24-17-26(30)33-28(24)29-25(32)18-27(31)34-29/h17-23H,7-16H2,1-6H3/t21-,22-/m0/s1. The largest absolute Gasteiger partial charge is 0.336 e. The summed E-state index contributed by atoms with van der Waals surface area (Å²) in [7, 11) is 0. The third kappa shape index (κ3) is 8.34. The average Bonchev–Trinajstić information content (AvgIpc) is 3.37. The Morgan fingerprint density at radius 1 is 0.618 bits per heavy atom. The van der Waals surface area contributed by atoms with Crippen LogP contribution in [0.4, 0.5) is 0 Å². The van der Waals surface area contributed by atoms with Crippen molar-refractivity contribution >= 4 is 88.3 Å². The van der Waals surface area contributed by atoms with Gasteiger partial charge in [0, 0.05) is 6.04 Å². The minimum atomic E-state index is 0.621. The van der Waals surface area contributed by atoms with Crippen molar-refractivity contribution in [1.82, 2.24) is 4.57 Å². The van der Waals surface area contributed by atoms with Gasteiger partial charge in [-0.15, -0.1) is 22.7 Å². The van der Waals surface area contributed by atoms with Crippen molar-refractivity contribution in [3.05, 3.63) is 17.9 Å². The Morgan fingerprint density at radius 2 is 1.03 bits per heavy atom. The molecular weight excluding hydrogens is 680 g/mol. The highest BCUT2D eigenvalue weighted by atomic mass is 127. The summed E-state index contributed by atoms with van der Waals surface area (Å²) in [6, 6.07) is 5.52. The van der Waals surface area contributed by atoms with Gasteiger partial charge in [-0.05, 0) is 107 Å². The Kier molecular flexibility index (Phi) is 12.0. The Bertz CT molecular complexity index is 935. The van der Waals surface area contributed by atoms with E-state index in [1.807, 2.05) is 22.7 Å². The lowest BCUT2D eigenvalue weighted by Crippen LogP contribution is -2.12. The number of thiophene rings is 2. The lowest BCUT2D eigenvalue weighted by molar-refractivity contribution is 0.338. The van der Waals surface area contributed by atoms with Crippen LogP contribution in [-0.2, 0) is 0 Å². The van der Waals surface area contributed by atoms with Crippen LogP contribution in [0.3, 0.4) is 0 Å². The van der Waals surface area contributed by atoms with E-state index >= 15 is 0 Å². The molecular formula is C29H45I2NS2. The van der Waals surface area contributed by atoms with Crippen LogP contribution in [0.15, 0.2) is 12.1 Å². The SMILES string of the molecule is CC(C)CCC[C@H](C)CCC(CC[C@@H](C)CCCC(C)C)n1c2cc(I)sc2c2sc(I)cc21. The van der Waals surface area contributed by atoms with Crippen molar-refractivity contribution in [3.63, 3.8) is 0 Å². The van der Waals surface area contributed by atoms with E-state index in [0.717, 1.165) is 23.7 Å². The third-order valence-electron chi connectivity index (χ3n) is 7.40. The van der Waals surface area contributed by atoms with E-state index in [4.69, 9.17) is 0 Å². The first kappa shape index (κ1) is 29.2. The van der Waals surface area contributed by atoms with Crippen molar-refractivity contribution in [2.24, 2.45) is 23.7 Å². The molecule has 0 saturated carbocycles. The van der Waals surface area contributed by atoms with Gasteiger partial charge in [0.25, 0.3) is 0 Å². The van der Waals surface area contributed by atoms with E-state index in [0.29, 0.717) is 6.04 Å². The highest BCUT2D eigenvalue weighted by Gasteiger charge is 2.23. The monoisotopic (exact) mass is 725 g/mol. The molecule has 0 aliphatic carbocycles. The Hall–Kier alpha value is 0.660. The van der Waals surface area contributed by atoms with Gasteiger partial charge in [-0.3, -0.25) is 0 Å². The van der Waals surface area contributed by atoms with Crippen LogP contribution >= 0.6 is 67.9 Å². The molecule has 0 radical (unpaired) electrons. The molecule has 3 aromatic heterocycles. The van der Waals surface area contributed by atoms with Gasteiger partial charge in [-0.1, -0.05) is 80.1 Å². The Labute approximate surface area is 244 Å². The van der Waals surface area contributed by atoms with Gasteiger partial charge in [-0.25, -0.2) is 0 Å². The number of nitrogens with zero attached hydrogens (tertiary/aromatic N) is 1. The molecule has 1 nitrogen and oxygen atoms in total. The molecule has 0 aromatic carbocycles. The summed E-state index contributed by atoms with van der Waals surface area (Å²) in [5.74, 6) is 3.33. The zero-order chi connectivity index (χ0) is 24.8. The Balaban J connectivity index is 1.77. The smallest absolute Gasteiger partial charge is 0.0712 e. The van der Waals surface area contributed by atoms with E-state index in [9.17, 15) is 0 Å². The second kappa shape index (κ2) is 14.0. The van der Waals surface area contributed by atoms with Crippen LogP contribution < -0.4 is 0 Å². The topological polar surface area (TPSA) is 4.93 Å². The average molecular weight is 726 g/mol. The number of rotatable bonds is 15. The minimum Gasteiger partial charge on any atom is -0.336 e. The molecule has 0 unspecified atom stereocenters. The normalized spacial score (nSPS) is 14.4. The highest BCUT2D eigenvalue weighted by molar-refractivity contribution is 14.1. The fourth-order valence-electron chi connectivity index (χ4n) is 5.31. The maximum absolute atomic E-state index is 2.77. The molecule has 0 spiro atoms. The number of aromatic nitrogens is 1. The number of halogens is 2. The number of hydrogen-bond acceptors (Lipinski definition) is 2. The number of fused-ring (bicyclic) bond motifs is 3. The summed E-state index contributed by atoms with van der Waals surface area (Å²) in [6.45, 7) is 14.4. The third-order valence-corrected chi connectivity index (χ3v) is 11.3. The zero-order valence-corrected chi connectivity index (χ0v) is 28.1. The van der Waals surface area contributed by atoms with Crippen molar-refractivity contribution in [1.29, 1.82) is 0 Å². The summed E-state index contributed by atoms with van der Waals surface area (Å²) in [5, 5.41) is 0. The highest BCUT2D eigenvalue weighted by Crippen LogP contribution is 2.44. The molecule has 0 aliphatic rings. The van der Waals surface area contributed by atoms with Crippen LogP contribution in [0.25, 0.3) is 20.4 Å². The lowest BCUT2D eigenvalue weighted by Gasteiger charge is -2.24. The summed E-state index contributed by atoms with van der Waals surface area (Å²) in [5.41, 5.74) is 2.99. The summed E-state index contributed by atoms with van der Waals surface area (Å²) >= 11 is 9.01. The fraction of sp³-hybridized carbons (Fsp3) is 0.724. The van der Waals surface area contributed by atoms with Gasteiger partial charge in [0.1, 0.15) is 0 Å². The molecule has 0 saturated heterocycles. The van der Waals surface area contributed by atoms with E-state index in [1.165, 1.54) is 90.4 Å². The van der Waals surface area contributed by atoms with Crippen LogP contribution in [0.5, 0.6) is 0 Å². The van der Waals surface area contributed by atoms with Crippen LogP contribution in [0, 0.1) is 29.4 Å². The molecule has 3 rings (SSSR count). The molecule has 0 bridgehead atoms. The number of hydrogen-bond donors (Lipinski definition) is 0. The van der Waals surface area contributed by atoms with Crippen LogP contribution in [0.2, 0.25) is 0 Å². The van der Waals surface area contributed by atoms with Crippen molar-refractivity contribution in [2.45, 2.75) is 112 Å². The van der Waals surface area contributed by atoms with Crippen molar-refractivity contribution in [3.8, 4) is 0 Å². The first-order valence-electron chi connectivity index (χ1n) is 13.5. The molecule has 3 aromatic rings. The van der Waals surface area contributed by atoms with E-state index in [1.54, 1.807) is 0 Å². The first-order chi connectivity index (χ1) is 16.2. The first-order valence-corrected chi connectivity index (χ1v) is 17.3. The summed E-state index contributed by atoms with van der Waals surface area (Å²) in [4.78, 5) is 0. The second-order valence-electron chi connectivity index (χ2n) is 11.6. The van der Waals surface area contributed by atoms with Crippen molar-refractivity contribution in [2.75, 3.05) is 0 Å². The minimum absolute atomic E-state index is 0.621. The summed E-state index contributed by atoms with van der Waals surface area (Å²) in [6.07, 6.45) is 13.7. The van der Waals surface area contributed by atoms with Gasteiger partial charge in [-0.2, -0.15) is 0 Å². The van der Waals surface area contributed by atoms with Gasteiger partial charge >= 0.3 is 0 Å². The fourth-order valence-corrected chi connectivity index (χ4v) is 9.12. The predicted octanol–water partition coefficient (Wildman–Crippen LogP) is 12.2. The lowest BCUT2D eigenvalue weighted by atomic mass is 9.90. The quantitative estimate of drug-likeness (QED) is 0.138. The van der Waals surface area contributed by atoms with Crippen LogP contribution in [-0.4, -0.2) is 4.57 Å². The molecule has 0 aliphatic heterocycles. The molecule has 2 atom stereocenters. The maximum Gasteiger partial charge on any atom is 0.0712 e. The molecule has 0 N–H and O–H groups in total. The Morgan fingerprint density at radius 3 is 1.41 bits per heavy atom. The maximum atomic E-state index is 2.77. The molecule has 192 valence electrons. The molecule has 5 heteroatoms. The van der Waals surface area contributed by atoms with Gasteiger partial charge in [0.05, 0.1) is 26.2 Å². The molecule has 34 heavy (non-hydrogen) atoms.